The minimum Gasteiger partial charge on any atom is -0.485 e. The number of likely N-dealkylation sites (tertiary alicyclic amines) is 1. The molecule has 1 aromatic heterocycles. The van der Waals surface area contributed by atoms with E-state index in [1.54, 1.807) is 0 Å². The van der Waals surface area contributed by atoms with E-state index in [0.29, 0.717) is 18.5 Å². The summed E-state index contributed by atoms with van der Waals surface area (Å²) in [6.07, 6.45) is 3.56. The zero-order valence-corrected chi connectivity index (χ0v) is 14.8. The van der Waals surface area contributed by atoms with Gasteiger partial charge in [0.2, 0.25) is 0 Å². The minimum atomic E-state index is -0.244. The van der Waals surface area contributed by atoms with Crippen molar-refractivity contribution in [3.63, 3.8) is 0 Å². The van der Waals surface area contributed by atoms with E-state index in [-0.39, 0.29) is 11.5 Å². The monoisotopic (exact) mass is 337 g/mol. The standard InChI is InChI=1S/C20H23N3O2/c1-3-17-16(12-14(2)21-22-17)19(24)23-11-10-20(13-23)9-8-15-6-4-5-7-18(15)25-20/h4-7,12H,3,8-11,13H2,1-2H3. The number of hydrogen-bond acceptors (Lipinski definition) is 4. The summed E-state index contributed by atoms with van der Waals surface area (Å²) in [6.45, 7) is 5.24. The molecule has 1 fully saturated rings. The van der Waals surface area contributed by atoms with Crippen molar-refractivity contribution in [3.05, 3.63) is 52.8 Å². The van der Waals surface area contributed by atoms with Crippen LogP contribution >= 0.6 is 0 Å². The highest BCUT2D eigenvalue weighted by Crippen LogP contribution is 2.39. The van der Waals surface area contributed by atoms with E-state index in [4.69, 9.17) is 4.74 Å². The van der Waals surface area contributed by atoms with Crippen LogP contribution in [0.1, 0.15) is 47.1 Å². The van der Waals surface area contributed by atoms with Crippen molar-refractivity contribution in [2.24, 2.45) is 0 Å². The lowest BCUT2D eigenvalue weighted by atomic mass is 9.90. The molecule has 1 saturated heterocycles. The third kappa shape index (κ3) is 2.88. The Morgan fingerprint density at radius 2 is 2.12 bits per heavy atom. The molecule has 0 radical (unpaired) electrons. The van der Waals surface area contributed by atoms with Gasteiger partial charge in [0.1, 0.15) is 11.4 Å². The fourth-order valence-electron chi connectivity index (χ4n) is 3.89. The van der Waals surface area contributed by atoms with Crippen LogP contribution in [0.25, 0.3) is 0 Å². The first kappa shape index (κ1) is 16.1. The van der Waals surface area contributed by atoms with Crippen LogP contribution in [0.5, 0.6) is 5.75 Å². The van der Waals surface area contributed by atoms with Gasteiger partial charge in [0.05, 0.1) is 23.5 Å². The summed E-state index contributed by atoms with van der Waals surface area (Å²) in [5, 5.41) is 8.28. The summed E-state index contributed by atoms with van der Waals surface area (Å²) in [5.41, 5.74) is 3.25. The lowest BCUT2D eigenvalue weighted by Crippen LogP contribution is -2.43. The van der Waals surface area contributed by atoms with Crippen molar-refractivity contribution >= 4 is 5.91 Å². The number of amides is 1. The SMILES string of the molecule is CCc1nnc(C)cc1C(=O)N1CCC2(CCc3ccccc3O2)C1. The molecule has 5 heteroatoms. The second kappa shape index (κ2) is 6.14. The molecule has 1 atom stereocenters. The molecule has 2 aromatic rings. The molecule has 5 nitrogen and oxygen atoms in total. The van der Waals surface area contributed by atoms with Gasteiger partial charge in [-0.2, -0.15) is 10.2 Å². The Morgan fingerprint density at radius 1 is 1.28 bits per heavy atom. The van der Waals surface area contributed by atoms with Crippen LogP contribution in [0.2, 0.25) is 0 Å². The van der Waals surface area contributed by atoms with Gasteiger partial charge in [0.25, 0.3) is 5.91 Å². The number of aryl methyl sites for hydroxylation is 3. The van der Waals surface area contributed by atoms with Gasteiger partial charge in [0, 0.05) is 13.0 Å². The lowest BCUT2D eigenvalue weighted by Gasteiger charge is -2.35. The van der Waals surface area contributed by atoms with Gasteiger partial charge in [-0.1, -0.05) is 25.1 Å². The Morgan fingerprint density at radius 3 is 2.96 bits per heavy atom. The maximum atomic E-state index is 13.1. The highest BCUT2D eigenvalue weighted by atomic mass is 16.5. The van der Waals surface area contributed by atoms with Gasteiger partial charge in [-0.25, -0.2) is 0 Å². The van der Waals surface area contributed by atoms with Gasteiger partial charge in [-0.15, -0.1) is 0 Å². The van der Waals surface area contributed by atoms with E-state index in [1.165, 1.54) is 5.56 Å². The fraction of sp³-hybridized carbons (Fsp3) is 0.450. The van der Waals surface area contributed by atoms with E-state index < -0.39 is 0 Å². The number of ether oxygens (including phenoxy) is 1. The minimum absolute atomic E-state index is 0.0502. The van der Waals surface area contributed by atoms with E-state index in [2.05, 4.69) is 22.3 Å². The highest BCUT2D eigenvalue weighted by molar-refractivity contribution is 5.95. The summed E-state index contributed by atoms with van der Waals surface area (Å²) in [7, 11) is 0. The molecular formula is C20H23N3O2. The maximum absolute atomic E-state index is 13.1. The molecule has 1 unspecified atom stereocenters. The molecule has 1 spiro atoms. The first-order valence-electron chi connectivity index (χ1n) is 9.00. The first-order valence-corrected chi connectivity index (χ1v) is 9.00. The van der Waals surface area contributed by atoms with E-state index in [1.807, 2.05) is 36.9 Å². The van der Waals surface area contributed by atoms with Crippen molar-refractivity contribution in [1.29, 1.82) is 0 Å². The number of carbonyl (C=O) groups is 1. The highest BCUT2D eigenvalue weighted by Gasteiger charge is 2.44. The van der Waals surface area contributed by atoms with Gasteiger partial charge in [-0.05, 0) is 43.9 Å². The quantitative estimate of drug-likeness (QED) is 0.845. The summed E-state index contributed by atoms with van der Waals surface area (Å²) in [6, 6.07) is 10.1. The van der Waals surface area contributed by atoms with Gasteiger partial charge >= 0.3 is 0 Å². The molecule has 0 aliphatic carbocycles. The summed E-state index contributed by atoms with van der Waals surface area (Å²) >= 11 is 0. The molecule has 2 aliphatic heterocycles. The molecule has 2 aliphatic rings. The Bertz CT molecular complexity index is 820. The summed E-state index contributed by atoms with van der Waals surface area (Å²) in [5.74, 6) is 1.02. The van der Waals surface area contributed by atoms with Crippen LogP contribution in [0.3, 0.4) is 0 Å². The van der Waals surface area contributed by atoms with E-state index >= 15 is 0 Å². The first-order chi connectivity index (χ1) is 12.1. The Balaban J connectivity index is 1.55. The molecule has 0 N–H and O–H groups in total. The fourth-order valence-corrected chi connectivity index (χ4v) is 3.89. The lowest BCUT2D eigenvalue weighted by molar-refractivity contribution is 0.0484. The Hall–Kier alpha value is -2.43. The zero-order chi connectivity index (χ0) is 17.4. The van der Waals surface area contributed by atoms with Gasteiger partial charge in [0.15, 0.2) is 0 Å². The second-order valence-electron chi connectivity index (χ2n) is 7.07. The van der Waals surface area contributed by atoms with E-state index in [0.717, 1.165) is 42.9 Å². The predicted octanol–water partition coefficient (Wildman–Crippen LogP) is 2.96. The molecule has 0 saturated carbocycles. The topological polar surface area (TPSA) is 55.3 Å². The number of hydrogen-bond donors (Lipinski definition) is 0. The molecule has 130 valence electrons. The van der Waals surface area contributed by atoms with Crippen molar-refractivity contribution in [3.8, 4) is 5.75 Å². The predicted molar refractivity (Wildman–Crippen MR) is 94.8 cm³/mol. The Labute approximate surface area is 148 Å². The molecule has 1 aromatic carbocycles. The number of para-hydroxylation sites is 1. The molecular weight excluding hydrogens is 314 g/mol. The van der Waals surface area contributed by atoms with Crippen molar-refractivity contribution in [2.75, 3.05) is 13.1 Å². The van der Waals surface area contributed by atoms with Crippen molar-refractivity contribution in [2.45, 2.75) is 45.1 Å². The normalized spacial score (nSPS) is 21.9. The summed E-state index contributed by atoms with van der Waals surface area (Å²) < 4.78 is 6.36. The molecule has 25 heavy (non-hydrogen) atoms. The molecule has 1 amide bonds. The van der Waals surface area contributed by atoms with Crippen LogP contribution in [0.15, 0.2) is 30.3 Å². The van der Waals surface area contributed by atoms with E-state index in [9.17, 15) is 4.79 Å². The number of fused-ring (bicyclic) bond motifs is 1. The number of nitrogens with zero attached hydrogens (tertiary/aromatic N) is 3. The van der Waals surface area contributed by atoms with Crippen LogP contribution in [0.4, 0.5) is 0 Å². The van der Waals surface area contributed by atoms with Crippen LogP contribution in [0, 0.1) is 6.92 Å². The third-order valence-corrected chi connectivity index (χ3v) is 5.31. The molecule has 0 bridgehead atoms. The number of benzene rings is 1. The molecule has 3 heterocycles. The number of aromatic nitrogens is 2. The zero-order valence-electron chi connectivity index (χ0n) is 14.8. The van der Waals surface area contributed by atoms with Crippen LogP contribution < -0.4 is 4.74 Å². The summed E-state index contributed by atoms with van der Waals surface area (Å²) in [4.78, 5) is 15.0. The third-order valence-electron chi connectivity index (χ3n) is 5.31. The smallest absolute Gasteiger partial charge is 0.255 e. The second-order valence-corrected chi connectivity index (χ2v) is 7.07. The van der Waals surface area contributed by atoms with Crippen molar-refractivity contribution < 1.29 is 9.53 Å². The molecule has 4 rings (SSSR count). The maximum Gasteiger partial charge on any atom is 0.255 e. The van der Waals surface area contributed by atoms with Gasteiger partial charge in [-0.3, -0.25) is 4.79 Å². The average Bonchev–Trinajstić information content (AvgIpc) is 3.04. The van der Waals surface area contributed by atoms with Crippen molar-refractivity contribution in [1.82, 2.24) is 15.1 Å². The number of carbonyl (C=O) groups excluding carboxylic acids is 1. The Kier molecular flexibility index (Phi) is 3.94. The number of rotatable bonds is 2. The largest absolute Gasteiger partial charge is 0.485 e. The van der Waals surface area contributed by atoms with Gasteiger partial charge < -0.3 is 9.64 Å². The average molecular weight is 337 g/mol. The van der Waals surface area contributed by atoms with Crippen LogP contribution in [-0.4, -0.2) is 39.7 Å². The van der Waals surface area contributed by atoms with Crippen LogP contribution in [-0.2, 0) is 12.8 Å².